The molecule has 0 unspecified atom stereocenters. The fourth-order valence-electron chi connectivity index (χ4n) is 3.32. The number of halogens is 5. The highest BCUT2D eigenvalue weighted by Crippen LogP contribution is 2.32. The van der Waals surface area contributed by atoms with Crippen molar-refractivity contribution in [1.82, 2.24) is 10.2 Å². The molecular formula is C24H28Cl2F3N3O4S. The predicted octanol–water partition coefficient (Wildman–Crippen LogP) is 4.97. The van der Waals surface area contributed by atoms with Gasteiger partial charge in [0.05, 0.1) is 17.5 Å². The van der Waals surface area contributed by atoms with Crippen LogP contribution >= 0.6 is 23.2 Å². The van der Waals surface area contributed by atoms with E-state index in [0.29, 0.717) is 27.5 Å². The summed E-state index contributed by atoms with van der Waals surface area (Å²) in [6.07, 6.45) is -3.94. The van der Waals surface area contributed by atoms with Crippen LogP contribution in [0.2, 0.25) is 10.0 Å². The molecule has 0 spiro atoms. The van der Waals surface area contributed by atoms with Crippen LogP contribution in [0.1, 0.15) is 31.9 Å². The number of amides is 2. The largest absolute Gasteiger partial charge is 0.416 e. The van der Waals surface area contributed by atoms with Crippen molar-refractivity contribution in [3.05, 3.63) is 63.6 Å². The van der Waals surface area contributed by atoms with Crippen LogP contribution < -0.4 is 9.62 Å². The molecule has 0 saturated carbocycles. The first-order chi connectivity index (χ1) is 17.0. The molecule has 2 aromatic rings. The van der Waals surface area contributed by atoms with Crippen molar-refractivity contribution in [2.24, 2.45) is 5.92 Å². The lowest BCUT2D eigenvalue weighted by Gasteiger charge is -2.32. The molecule has 0 radical (unpaired) electrons. The van der Waals surface area contributed by atoms with Gasteiger partial charge in [-0.2, -0.15) is 13.2 Å². The van der Waals surface area contributed by atoms with E-state index < -0.39 is 46.2 Å². The summed E-state index contributed by atoms with van der Waals surface area (Å²) in [5, 5.41) is 3.29. The van der Waals surface area contributed by atoms with E-state index in [1.54, 1.807) is 12.1 Å². The maximum absolute atomic E-state index is 13.5. The number of carbonyl (C=O) groups excluding carboxylic acids is 2. The van der Waals surface area contributed by atoms with Gasteiger partial charge in [0.2, 0.25) is 21.8 Å². The van der Waals surface area contributed by atoms with Crippen LogP contribution in [0, 0.1) is 5.92 Å². The van der Waals surface area contributed by atoms with Gasteiger partial charge in [-0.1, -0.05) is 49.2 Å². The van der Waals surface area contributed by atoms with Crippen LogP contribution in [-0.4, -0.2) is 50.5 Å². The van der Waals surface area contributed by atoms with Crippen LogP contribution in [0.5, 0.6) is 0 Å². The summed E-state index contributed by atoms with van der Waals surface area (Å²) in [4.78, 5) is 27.4. The first-order valence-corrected chi connectivity index (χ1v) is 13.8. The molecule has 1 atom stereocenters. The molecule has 2 aromatic carbocycles. The molecule has 1 N–H and O–H groups in total. The van der Waals surface area contributed by atoms with E-state index in [0.717, 1.165) is 29.4 Å². The molecule has 2 rings (SSSR count). The van der Waals surface area contributed by atoms with Gasteiger partial charge in [0, 0.05) is 23.1 Å². The highest BCUT2D eigenvalue weighted by Gasteiger charge is 2.33. The molecule has 2 amide bonds. The molecule has 0 aliphatic heterocycles. The zero-order chi connectivity index (χ0) is 28.1. The molecule has 0 fully saturated rings. The fraction of sp³-hybridized carbons (Fsp3) is 0.417. The Bertz CT molecular complexity index is 1240. The van der Waals surface area contributed by atoms with E-state index in [4.69, 9.17) is 23.2 Å². The average molecular weight is 582 g/mol. The predicted molar refractivity (Wildman–Crippen MR) is 138 cm³/mol. The second-order valence-electron chi connectivity index (χ2n) is 8.89. The molecule has 204 valence electrons. The van der Waals surface area contributed by atoms with E-state index in [-0.39, 0.29) is 23.2 Å². The fourth-order valence-corrected chi connectivity index (χ4v) is 4.63. The highest BCUT2D eigenvalue weighted by molar-refractivity contribution is 7.92. The molecule has 0 saturated heterocycles. The van der Waals surface area contributed by atoms with Crippen molar-refractivity contribution in [2.75, 3.05) is 23.7 Å². The van der Waals surface area contributed by atoms with Gasteiger partial charge < -0.3 is 10.2 Å². The van der Waals surface area contributed by atoms with Gasteiger partial charge in [-0.3, -0.25) is 13.9 Å². The molecule has 13 heteroatoms. The molecule has 7 nitrogen and oxygen atoms in total. The minimum atomic E-state index is -4.72. The molecule has 37 heavy (non-hydrogen) atoms. The van der Waals surface area contributed by atoms with Gasteiger partial charge in [0.25, 0.3) is 0 Å². The number of nitrogens with zero attached hydrogens (tertiary/aromatic N) is 2. The number of anilines is 1. The molecule has 0 aliphatic rings. The lowest BCUT2D eigenvalue weighted by molar-refractivity contribution is -0.139. The third-order valence-corrected chi connectivity index (χ3v) is 7.08. The first kappa shape index (κ1) is 30.7. The van der Waals surface area contributed by atoms with Crippen molar-refractivity contribution in [3.8, 4) is 0 Å². The third kappa shape index (κ3) is 8.79. The van der Waals surface area contributed by atoms with Crippen molar-refractivity contribution in [1.29, 1.82) is 0 Å². The summed E-state index contributed by atoms with van der Waals surface area (Å²) >= 11 is 12.2. The van der Waals surface area contributed by atoms with Crippen molar-refractivity contribution in [3.63, 3.8) is 0 Å². The lowest BCUT2D eigenvalue weighted by Crippen LogP contribution is -2.51. The van der Waals surface area contributed by atoms with Gasteiger partial charge in [-0.25, -0.2) is 8.42 Å². The minimum absolute atomic E-state index is 0.132. The number of carbonyl (C=O) groups is 2. The summed E-state index contributed by atoms with van der Waals surface area (Å²) in [5.74, 6) is -1.18. The third-order valence-electron chi connectivity index (χ3n) is 5.35. The number of rotatable bonds is 10. The summed E-state index contributed by atoms with van der Waals surface area (Å²) in [5.41, 5.74) is -0.975. The number of benzene rings is 2. The van der Waals surface area contributed by atoms with Crippen molar-refractivity contribution < 1.29 is 31.2 Å². The maximum Gasteiger partial charge on any atom is 0.416 e. The van der Waals surface area contributed by atoms with Gasteiger partial charge in [0.15, 0.2) is 0 Å². The van der Waals surface area contributed by atoms with E-state index >= 15 is 0 Å². The number of sulfonamides is 1. The average Bonchev–Trinajstić information content (AvgIpc) is 2.78. The van der Waals surface area contributed by atoms with Crippen LogP contribution in [0.4, 0.5) is 18.9 Å². The van der Waals surface area contributed by atoms with Gasteiger partial charge in [-0.05, 0) is 48.7 Å². The quantitative estimate of drug-likeness (QED) is 0.429. The van der Waals surface area contributed by atoms with Crippen LogP contribution in [0.3, 0.4) is 0 Å². The number of hydrogen-bond donors (Lipinski definition) is 1. The summed E-state index contributed by atoms with van der Waals surface area (Å²) < 4.78 is 65.4. The Hall–Kier alpha value is -2.50. The molecular weight excluding hydrogens is 554 g/mol. The molecule has 0 bridgehead atoms. The first-order valence-electron chi connectivity index (χ1n) is 11.2. The molecule has 0 aliphatic carbocycles. The minimum Gasteiger partial charge on any atom is -0.354 e. The summed E-state index contributed by atoms with van der Waals surface area (Å²) in [6, 6.07) is 7.15. The Morgan fingerprint density at radius 1 is 1.05 bits per heavy atom. The normalized spacial score (nSPS) is 12.8. The second-order valence-corrected chi connectivity index (χ2v) is 11.6. The Balaban J connectivity index is 2.46. The monoisotopic (exact) mass is 581 g/mol. The Labute approximate surface area is 224 Å². The van der Waals surface area contributed by atoms with Crippen LogP contribution in [-0.2, 0) is 32.3 Å². The van der Waals surface area contributed by atoms with E-state index in [1.165, 1.54) is 13.0 Å². The van der Waals surface area contributed by atoms with E-state index in [9.17, 15) is 31.2 Å². The molecule has 0 heterocycles. The van der Waals surface area contributed by atoms with Gasteiger partial charge in [0.1, 0.15) is 12.6 Å². The Morgan fingerprint density at radius 2 is 1.70 bits per heavy atom. The van der Waals surface area contributed by atoms with E-state index in [1.807, 2.05) is 13.8 Å². The zero-order valence-electron chi connectivity index (χ0n) is 20.6. The maximum atomic E-state index is 13.5. The Kier molecular flexibility index (Phi) is 10.3. The number of nitrogens with one attached hydrogen (secondary N) is 1. The topological polar surface area (TPSA) is 86.8 Å². The lowest BCUT2D eigenvalue weighted by atomic mass is 10.1. The summed E-state index contributed by atoms with van der Waals surface area (Å²) in [6.45, 7) is 4.57. The highest BCUT2D eigenvalue weighted by atomic mass is 35.5. The molecule has 0 aromatic heterocycles. The van der Waals surface area contributed by atoms with Crippen LogP contribution in [0.15, 0.2) is 42.5 Å². The van der Waals surface area contributed by atoms with Gasteiger partial charge in [-0.15, -0.1) is 0 Å². The van der Waals surface area contributed by atoms with Crippen LogP contribution in [0.25, 0.3) is 0 Å². The van der Waals surface area contributed by atoms with Crippen molar-refractivity contribution >= 4 is 50.7 Å². The summed E-state index contributed by atoms with van der Waals surface area (Å²) in [7, 11) is -4.19. The van der Waals surface area contributed by atoms with E-state index in [2.05, 4.69) is 5.32 Å². The number of alkyl halides is 3. The second kappa shape index (κ2) is 12.4. The SMILES string of the molecule is CC(C)CNC(=O)[C@H](C)N(Cc1ccc(Cl)cc1Cl)C(=O)CN(c1cccc(C(F)(F)F)c1)S(C)(=O)=O. The smallest absolute Gasteiger partial charge is 0.354 e. The van der Waals surface area contributed by atoms with Crippen molar-refractivity contribution in [2.45, 2.75) is 39.5 Å². The standard InChI is InChI=1S/C24H28Cl2F3N3O4S/c1-15(2)12-30-23(34)16(3)31(13-17-8-9-19(25)11-21(17)26)22(33)14-32(37(4,35)36)20-7-5-6-18(10-20)24(27,28)29/h5-11,15-16H,12-14H2,1-4H3,(H,30,34)/t16-/m0/s1. The number of hydrogen-bond acceptors (Lipinski definition) is 4. The Morgan fingerprint density at radius 3 is 2.24 bits per heavy atom. The zero-order valence-corrected chi connectivity index (χ0v) is 23.0. The van der Waals surface area contributed by atoms with Gasteiger partial charge >= 0.3 is 6.18 Å².